The Kier molecular flexibility index (Phi) is 3.79. The molecule has 1 aromatic heterocycles. The molecule has 1 heterocycles. The summed E-state index contributed by atoms with van der Waals surface area (Å²) in [5, 5.41) is 11.8. The lowest BCUT2D eigenvalue weighted by Crippen LogP contribution is -2.09. The first-order valence-corrected chi connectivity index (χ1v) is 5.85. The van der Waals surface area contributed by atoms with Gasteiger partial charge in [0, 0.05) is 35.9 Å². The average Bonchev–Trinajstić information content (AvgIpc) is 2.90. The molecule has 0 spiro atoms. The quantitative estimate of drug-likeness (QED) is 0.792. The van der Waals surface area contributed by atoms with Crippen LogP contribution in [-0.2, 0) is 0 Å². The van der Waals surface area contributed by atoms with E-state index >= 15 is 0 Å². The number of nitrogens with one attached hydrogen (secondary N) is 1. The van der Waals surface area contributed by atoms with E-state index in [1.165, 1.54) is 0 Å². The predicted octanol–water partition coefficient (Wildman–Crippen LogP) is 2.08. The third-order valence-corrected chi connectivity index (χ3v) is 2.71. The largest absolute Gasteiger partial charge is 0.395 e. The SMILES string of the molecule is CC(=O)c1cc(-n2cccc2)ccc1NCCO. The minimum atomic E-state index is 0.00412. The first-order valence-electron chi connectivity index (χ1n) is 5.85. The fourth-order valence-electron chi connectivity index (χ4n) is 1.84. The number of aromatic nitrogens is 1. The van der Waals surface area contributed by atoms with Crippen molar-refractivity contribution < 1.29 is 9.90 Å². The third kappa shape index (κ3) is 2.60. The molecule has 0 fully saturated rings. The Morgan fingerprint density at radius 3 is 2.67 bits per heavy atom. The van der Waals surface area contributed by atoms with E-state index in [0.717, 1.165) is 11.4 Å². The lowest BCUT2D eigenvalue weighted by atomic mass is 10.1. The molecule has 0 aliphatic heterocycles. The van der Waals surface area contributed by atoms with E-state index in [9.17, 15) is 4.79 Å². The number of hydrogen-bond donors (Lipinski definition) is 2. The number of aliphatic hydroxyl groups excluding tert-OH is 1. The van der Waals surface area contributed by atoms with Gasteiger partial charge in [0.1, 0.15) is 0 Å². The summed E-state index contributed by atoms with van der Waals surface area (Å²) in [6, 6.07) is 9.52. The Morgan fingerprint density at radius 2 is 2.06 bits per heavy atom. The van der Waals surface area contributed by atoms with Crippen LogP contribution in [0.2, 0.25) is 0 Å². The molecule has 0 saturated carbocycles. The molecule has 2 rings (SSSR count). The number of aliphatic hydroxyl groups is 1. The molecule has 0 saturated heterocycles. The normalized spacial score (nSPS) is 10.3. The number of hydrogen-bond acceptors (Lipinski definition) is 3. The highest BCUT2D eigenvalue weighted by Gasteiger charge is 2.08. The van der Waals surface area contributed by atoms with Crippen molar-refractivity contribution >= 4 is 11.5 Å². The van der Waals surface area contributed by atoms with Crippen molar-refractivity contribution in [3.63, 3.8) is 0 Å². The molecule has 0 amide bonds. The van der Waals surface area contributed by atoms with Crippen LogP contribution in [-0.4, -0.2) is 28.6 Å². The molecule has 2 N–H and O–H groups in total. The van der Waals surface area contributed by atoms with Crippen LogP contribution < -0.4 is 5.32 Å². The number of nitrogens with zero attached hydrogens (tertiary/aromatic N) is 1. The number of Topliss-reactive ketones (excluding diaryl/α,β-unsaturated/α-hetero) is 1. The number of benzene rings is 1. The van der Waals surface area contributed by atoms with Crippen LogP contribution in [0.3, 0.4) is 0 Å². The lowest BCUT2D eigenvalue weighted by Gasteiger charge is -2.11. The second-order valence-corrected chi connectivity index (χ2v) is 4.03. The van der Waals surface area contributed by atoms with Crippen LogP contribution in [0.25, 0.3) is 5.69 Å². The Hall–Kier alpha value is -2.07. The summed E-state index contributed by atoms with van der Waals surface area (Å²) < 4.78 is 1.95. The Labute approximate surface area is 106 Å². The Bertz CT molecular complexity index is 533. The summed E-state index contributed by atoms with van der Waals surface area (Å²) in [6.45, 7) is 2.01. The highest BCUT2D eigenvalue weighted by atomic mass is 16.3. The van der Waals surface area contributed by atoms with E-state index in [1.54, 1.807) is 6.92 Å². The van der Waals surface area contributed by atoms with Gasteiger partial charge < -0.3 is 15.0 Å². The van der Waals surface area contributed by atoms with Crippen LogP contribution in [0, 0.1) is 0 Å². The summed E-state index contributed by atoms with van der Waals surface area (Å²) in [7, 11) is 0. The van der Waals surface area contributed by atoms with Crippen LogP contribution in [0.5, 0.6) is 0 Å². The number of rotatable bonds is 5. The molecule has 0 bridgehead atoms. The van der Waals surface area contributed by atoms with Gasteiger partial charge in [0.25, 0.3) is 0 Å². The van der Waals surface area contributed by atoms with Crippen molar-refractivity contribution in [2.24, 2.45) is 0 Å². The molecule has 1 aromatic carbocycles. The highest BCUT2D eigenvalue weighted by molar-refractivity contribution is 6.00. The number of anilines is 1. The van der Waals surface area contributed by atoms with Crippen LogP contribution in [0.4, 0.5) is 5.69 Å². The van der Waals surface area contributed by atoms with E-state index in [2.05, 4.69) is 5.32 Å². The lowest BCUT2D eigenvalue weighted by molar-refractivity contribution is 0.101. The van der Waals surface area contributed by atoms with Gasteiger partial charge in [-0.1, -0.05) is 0 Å². The van der Waals surface area contributed by atoms with Gasteiger partial charge in [-0.2, -0.15) is 0 Å². The smallest absolute Gasteiger partial charge is 0.161 e. The second-order valence-electron chi connectivity index (χ2n) is 4.03. The van der Waals surface area contributed by atoms with Crippen molar-refractivity contribution in [1.29, 1.82) is 0 Å². The van der Waals surface area contributed by atoms with Crippen molar-refractivity contribution in [2.45, 2.75) is 6.92 Å². The van der Waals surface area contributed by atoms with Crippen LogP contribution in [0.1, 0.15) is 17.3 Å². The fourth-order valence-corrected chi connectivity index (χ4v) is 1.84. The maximum absolute atomic E-state index is 11.6. The van der Waals surface area contributed by atoms with Crippen molar-refractivity contribution in [1.82, 2.24) is 4.57 Å². The van der Waals surface area contributed by atoms with Gasteiger partial charge >= 0.3 is 0 Å². The maximum atomic E-state index is 11.6. The zero-order valence-corrected chi connectivity index (χ0v) is 10.3. The monoisotopic (exact) mass is 244 g/mol. The Balaban J connectivity index is 2.37. The summed E-state index contributed by atoms with van der Waals surface area (Å²) in [5.41, 5.74) is 2.34. The third-order valence-electron chi connectivity index (χ3n) is 2.71. The van der Waals surface area contributed by atoms with E-state index in [1.807, 2.05) is 47.3 Å². The molecule has 94 valence electrons. The molecular weight excluding hydrogens is 228 g/mol. The molecular formula is C14H16N2O2. The molecule has 4 nitrogen and oxygen atoms in total. The molecule has 2 aromatic rings. The number of ketones is 1. The van der Waals surface area contributed by atoms with Gasteiger partial charge in [-0.05, 0) is 37.3 Å². The minimum Gasteiger partial charge on any atom is -0.395 e. The predicted molar refractivity (Wildman–Crippen MR) is 71.3 cm³/mol. The van der Waals surface area contributed by atoms with Crippen LogP contribution in [0.15, 0.2) is 42.7 Å². The first-order chi connectivity index (χ1) is 8.72. The second kappa shape index (κ2) is 5.51. The summed E-state index contributed by atoms with van der Waals surface area (Å²) in [5.74, 6) is 0.00412. The summed E-state index contributed by atoms with van der Waals surface area (Å²) in [6.07, 6.45) is 3.86. The maximum Gasteiger partial charge on any atom is 0.161 e. The summed E-state index contributed by atoms with van der Waals surface area (Å²) in [4.78, 5) is 11.6. The van der Waals surface area contributed by atoms with Crippen molar-refractivity contribution in [3.8, 4) is 5.69 Å². The van der Waals surface area contributed by atoms with Gasteiger partial charge in [-0.25, -0.2) is 0 Å². The molecule has 0 unspecified atom stereocenters. The zero-order chi connectivity index (χ0) is 13.0. The van der Waals surface area contributed by atoms with Crippen molar-refractivity contribution in [2.75, 3.05) is 18.5 Å². The van der Waals surface area contributed by atoms with Crippen LogP contribution >= 0.6 is 0 Å². The van der Waals surface area contributed by atoms with Gasteiger partial charge in [-0.3, -0.25) is 4.79 Å². The van der Waals surface area contributed by atoms with Gasteiger partial charge in [0.15, 0.2) is 5.78 Å². The highest BCUT2D eigenvalue weighted by Crippen LogP contribution is 2.20. The average molecular weight is 244 g/mol. The first kappa shape index (κ1) is 12.4. The summed E-state index contributed by atoms with van der Waals surface area (Å²) >= 11 is 0. The standard InChI is InChI=1S/C14H16N2O2/c1-11(18)13-10-12(16-7-2-3-8-16)4-5-14(13)15-6-9-17/h2-5,7-8,10,15,17H,6,9H2,1H3. The molecule has 0 atom stereocenters. The molecule has 18 heavy (non-hydrogen) atoms. The van der Waals surface area contributed by atoms with Gasteiger partial charge in [-0.15, -0.1) is 0 Å². The Morgan fingerprint density at radius 1 is 1.33 bits per heavy atom. The number of carbonyl (C=O) groups excluding carboxylic acids is 1. The number of carbonyl (C=O) groups is 1. The van der Waals surface area contributed by atoms with Gasteiger partial charge in [0.2, 0.25) is 0 Å². The van der Waals surface area contributed by atoms with Crippen molar-refractivity contribution in [3.05, 3.63) is 48.3 Å². The zero-order valence-electron chi connectivity index (χ0n) is 10.3. The molecule has 0 radical (unpaired) electrons. The van der Waals surface area contributed by atoms with E-state index < -0.39 is 0 Å². The van der Waals surface area contributed by atoms with E-state index in [0.29, 0.717) is 12.1 Å². The molecule has 0 aliphatic rings. The van der Waals surface area contributed by atoms with E-state index in [4.69, 9.17) is 5.11 Å². The van der Waals surface area contributed by atoms with Gasteiger partial charge in [0.05, 0.1) is 6.61 Å². The topological polar surface area (TPSA) is 54.3 Å². The molecule has 0 aliphatic carbocycles. The minimum absolute atomic E-state index is 0.00412. The molecule has 4 heteroatoms. The fraction of sp³-hybridized carbons (Fsp3) is 0.214. The van der Waals surface area contributed by atoms with E-state index in [-0.39, 0.29) is 12.4 Å².